The number of anilines is 1. The van der Waals surface area contributed by atoms with Crippen LogP contribution >= 0.6 is 0 Å². The maximum atomic E-state index is 13.4. The minimum atomic E-state index is -0.148. The molecule has 144 valence electrons. The molecule has 0 aliphatic carbocycles. The van der Waals surface area contributed by atoms with Crippen LogP contribution < -0.4 is 9.64 Å². The van der Waals surface area contributed by atoms with E-state index in [9.17, 15) is 4.79 Å². The Morgan fingerprint density at radius 2 is 1.81 bits per heavy atom. The molecule has 0 N–H and O–H groups in total. The second-order valence-electron chi connectivity index (χ2n) is 7.15. The van der Waals surface area contributed by atoms with Crippen molar-refractivity contribution in [1.29, 1.82) is 0 Å². The zero-order valence-corrected chi connectivity index (χ0v) is 16.6. The van der Waals surface area contributed by atoms with Gasteiger partial charge in [0.1, 0.15) is 11.8 Å². The van der Waals surface area contributed by atoms with Gasteiger partial charge in [0.25, 0.3) is 0 Å². The Kier molecular flexibility index (Phi) is 6.38. The summed E-state index contributed by atoms with van der Waals surface area (Å²) in [5.41, 5.74) is 3.55. The van der Waals surface area contributed by atoms with Crippen LogP contribution in [-0.2, 0) is 17.8 Å². The van der Waals surface area contributed by atoms with Crippen molar-refractivity contribution < 1.29 is 9.53 Å². The third-order valence-corrected chi connectivity index (χ3v) is 5.17. The Balaban J connectivity index is 1.92. The smallest absolute Gasteiger partial charge is 0.245 e. The lowest BCUT2D eigenvalue weighted by Crippen LogP contribution is -2.47. The summed E-state index contributed by atoms with van der Waals surface area (Å²) in [6.07, 6.45) is 2.71. The molecule has 1 unspecified atom stereocenters. The van der Waals surface area contributed by atoms with Crippen LogP contribution in [-0.4, -0.2) is 37.0 Å². The molecular formula is C23H30N2O2. The number of carbonyl (C=O) groups excluding carboxylic acids is 1. The first kappa shape index (κ1) is 19.3. The number of nitrogens with zero attached hydrogens (tertiary/aromatic N) is 2. The van der Waals surface area contributed by atoms with Crippen LogP contribution in [0.25, 0.3) is 0 Å². The van der Waals surface area contributed by atoms with Gasteiger partial charge in [-0.1, -0.05) is 44.2 Å². The standard InChI is InChI=1S/C23H30N2O2/c1-4-13-24(14-5-2)23(26)22-16-19-15-20(27-3)11-12-21(19)25(22)17-18-9-7-6-8-10-18/h6-12,15,22H,4-5,13-14,16-17H2,1-3H3. The highest BCUT2D eigenvalue weighted by Crippen LogP contribution is 2.36. The third-order valence-electron chi connectivity index (χ3n) is 5.17. The second kappa shape index (κ2) is 8.94. The molecule has 1 heterocycles. The van der Waals surface area contributed by atoms with E-state index in [0.717, 1.165) is 50.3 Å². The Labute approximate surface area is 162 Å². The molecule has 0 fully saturated rings. The number of rotatable bonds is 8. The van der Waals surface area contributed by atoms with Gasteiger partial charge in [0.2, 0.25) is 5.91 Å². The maximum Gasteiger partial charge on any atom is 0.245 e. The lowest BCUT2D eigenvalue weighted by Gasteiger charge is -2.32. The summed E-state index contributed by atoms with van der Waals surface area (Å²) in [5.74, 6) is 1.09. The quantitative estimate of drug-likeness (QED) is 0.699. The number of amides is 1. The largest absolute Gasteiger partial charge is 0.497 e. The van der Waals surface area contributed by atoms with Crippen LogP contribution in [0.2, 0.25) is 0 Å². The Bertz CT molecular complexity index is 754. The van der Waals surface area contributed by atoms with E-state index < -0.39 is 0 Å². The van der Waals surface area contributed by atoms with Crippen molar-refractivity contribution in [3.63, 3.8) is 0 Å². The van der Waals surface area contributed by atoms with E-state index in [0.29, 0.717) is 0 Å². The molecule has 4 heteroatoms. The first-order valence-electron chi connectivity index (χ1n) is 9.94. The lowest BCUT2D eigenvalue weighted by atomic mass is 10.1. The van der Waals surface area contributed by atoms with Crippen LogP contribution in [0, 0.1) is 0 Å². The molecule has 0 saturated carbocycles. The van der Waals surface area contributed by atoms with Crippen LogP contribution in [0.4, 0.5) is 5.69 Å². The minimum absolute atomic E-state index is 0.148. The summed E-state index contributed by atoms with van der Waals surface area (Å²) in [4.78, 5) is 17.7. The number of methoxy groups -OCH3 is 1. The van der Waals surface area contributed by atoms with E-state index in [-0.39, 0.29) is 11.9 Å². The summed E-state index contributed by atoms with van der Waals surface area (Å²) in [7, 11) is 1.69. The molecule has 2 aromatic carbocycles. The van der Waals surface area contributed by atoms with Crippen molar-refractivity contribution in [2.45, 2.75) is 45.7 Å². The molecule has 0 saturated heterocycles. The molecule has 2 aromatic rings. The summed E-state index contributed by atoms with van der Waals surface area (Å²) >= 11 is 0. The summed E-state index contributed by atoms with van der Waals surface area (Å²) in [6, 6.07) is 16.4. The minimum Gasteiger partial charge on any atom is -0.497 e. The van der Waals surface area contributed by atoms with Gasteiger partial charge in [-0.3, -0.25) is 4.79 Å². The number of hydrogen-bond donors (Lipinski definition) is 0. The van der Waals surface area contributed by atoms with Crippen molar-refractivity contribution >= 4 is 11.6 Å². The number of fused-ring (bicyclic) bond motifs is 1. The number of carbonyl (C=O) groups is 1. The van der Waals surface area contributed by atoms with Gasteiger partial charge in [-0.25, -0.2) is 0 Å². The molecule has 1 aliphatic heterocycles. The normalized spacial score (nSPS) is 15.5. The van der Waals surface area contributed by atoms with Crippen molar-refractivity contribution in [3.8, 4) is 5.75 Å². The number of hydrogen-bond acceptors (Lipinski definition) is 3. The average Bonchev–Trinajstić information content (AvgIpc) is 3.05. The topological polar surface area (TPSA) is 32.8 Å². The molecule has 0 radical (unpaired) electrons. The molecule has 0 spiro atoms. The fraction of sp³-hybridized carbons (Fsp3) is 0.435. The van der Waals surface area contributed by atoms with E-state index in [1.807, 2.05) is 17.0 Å². The van der Waals surface area contributed by atoms with Gasteiger partial charge < -0.3 is 14.5 Å². The van der Waals surface area contributed by atoms with Gasteiger partial charge >= 0.3 is 0 Å². The number of ether oxygens (including phenoxy) is 1. The predicted octanol–water partition coefficient (Wildman–Crippen LogP) is 4.28. The first-order valence-corrected chi connectivity index (χ1v) is 9.94. The SMILES string of the molecule is CCCN(CCC)C(=O)C1Cc2cc(OC)ccc2N1Cc1ccccc1. The Morgan fingerprint density at radius 1 is 1.11 bits per heavy atom. The molecular weight excluding hydrogens is 336 g/mol. The highest BCUT2D eigenvalue weighted by molar-refractivity contribution is 5.88. The molecule has 1 amide bonds. The van der Waals surface area contributed by atoms with Gasteiger partial charge in [-0.15, -0.1) is 0 Å². The molecule has 27 heavy (non-hydrogen) atoms. The fourth-order valence-corrected chi connectivity index (χ4v) is 3.90. The summed E-state index contributed by atoms with van der Waals surface area (Å²) in [5, 5.41) is 0. The summed E-state index contributed by atoms with van der Waals surface area (Å²) < 4.78 is 5.40. The maximum absolute atomic E-state index is 13.4. The summed E-state index contributed by atoms with van der Waals surface area (Å²) in [6.45, 7) is 6.64. The predicted molar refractivity (Wildman–Crippen MR) is 110 cm³/mol. The van der Waals surface area contributed by atoms with Gasteiger partial charge in [0.05, 0.1) is 7.11 Å². The first-order chi connectivity index (χ1) is 13.2. The molecule has 1 atom stereocenters. The van der Waals surface area contributed by atoms with Crippen molar-refractivity contribution in [1.82, 2.24) is 4.90 Å². The van der Waals surface area contributed by atoms with Crippen LogP contribution in [0.3, 0.4) is 0 Å². The van der Waals surface area contributed by atoms with E-state index in [2.05, 4.69) is 55.1 Å². The van der Waals surface area contributed by atoms with Crippen molar-refractivity contribution in [3.05, 3.63) is 59.7 Å². The highest BCUT2D eigenvalue weighted by atomic mass is 16.5. The Hall–Kier alpha value is -2.49. The average molecular weight is 367 g/mol. The second-order valence-corrected chi connectivity index (χ2v) is 7.15. The van der Waals surface area contributed by atoms with Crippen LogP contribution in [0.5, 0.6) is 5.75 Å². The third kappa shape index (κ3) is 4.26. The molecule has 3 rings (SSSR count). The van der Waals surface area contributed by atoms with Crippen molar-refractivity contribution in [2.24, 2.45) is 0 Å². The van der Waals surface area contributed by atoms with E-state index in [1.165, 1.54) is 11.1 Å². The van der Waals surface area contributed by atoms with Gasteiger partial charge in [-0.2, -0.15) is 0 Å². The lowest BCUT2D eigenvalue weighted by molar-refractivity contribution is -0.132. The molecule has 0 bridgehead atoms. The molecule has 1 aliphatic rings. The molecule has 4 nitrogen and oxygen atoms in total. The zero-order valence-electron chi connectivity index (χ0n) is 16.6. The van der Waals surface area contributed by atoms with E-state index in [1.54, 1.807) is 7.11 Å². The van der Waals surface area contributed by atoms with Crippen LogP contribution in [0.15, 0.2) is 48.5 Å². The highest BCUT2D eigenvalue weighted by Gasteiger charge is 2.36. The van der Waals surface area contributed by atoms with E-state index >= 15 is 0 Å². The van der Waals surface area contributed by atoms with Gasteiger partial charge in [0.15, 0.2) is 0 Å². The Morgan fingerprint density at radius 3 is 2.44 bits per heavy atom. The fourth-order valence-electron chi connectivity index (χ4n) is 3.90. The monoisotopic (exact) mass is 366 g/mol. The van der Waals surface area contributed by atoms with Gasteiger partial charge in [-0.05, 0) is 42.2 Å². The van der Waals surface area contributed by atoms with Gasteiger partial charge in [0, 0.05) is 31.7 Å². The zero-order chi connectivity index (χ0) is 19.2. The van der Waals surface area contributed by atoms with E-state index in [4.69, 9.17) is 4.74 Å². The van der Waals surface area contributed by atoms with Crippen LogP contribution in [0.1, 0.15) is 37.8 Å². The number of benzene rings is 2. The van der Waals surface area contributed by atoms with Crippen molar-refractivity contribution in [2.75, 3.05) is 25.1 Å². The molecule has 0 aromatic heterocycles.